The maximum atomic E-state index is 11.7. The fourth-order valence-corrected chi connectivity index (χ4v) is 2.78. The molecule has 1 aromatic heterocycles. The molecule has 1 N–H and O–H groups in total. The van der Waals surface area contributed by atoms with E-state index in [0.29, 0.717) is 18.7 Å². The van der Waals surface area contributed by atoms with E-state index in [0.717, 1.165) is 4.88 Å². The molecule has 1 aliphatic rings. The average Bonchev–Trinajstić information content (AvgIpc) is 2.61. The summed E-state index contributed by atoms with van der Waals surface area (Å²) in [5.74, 6) is -0.684. The molecule has 5 nitrogen and oxygen atoms in total. The molecular formula is C13H17NO4S. The lowest BCUT2D eigenvalue weighted by Crippen LogP contribution is -2.50. The Kier molecular flexibility index (Phi) is 3.54. The Labute approximate surface area is 115 Å². The molecule has 2 rings (SSSR count). The van der Waals surface area contributed by atoms with Gasteiger partial charge in [0, 0.05) is 29.3 Å². The number of hydrogen-bond donors (Lipinski definition) is 1. The van der Waals surface area contributed by atoms with Crippen LogP contribution in [-0.2, 0) is 4.74 Å². The van der Waals surface area contributed by atoms with Crippen molar-refractivity contribution in [2.75, 3.05) is 13.1 Å². The third kappa shape index (κ3) is 3.26. The van der Waals surface area contributed by atoms with Gasteiger partial charge in [0.1, 0.15) is 5.60 Å². The Morgan fingerprint density at radius 2 is 2.05 bits per heavy atom. The van der Waals surface area contributed by atoms with E-state index in [1.807, 2.05) is 20.8 Å². The van der Waals surface area contributed by atoms with E-state index in [-0.39, 0.29) is 12.0 Å². The van der Waals surface area contributed by atoms with Gasteiger partial charge in [0.15, 0.2) is 0 Å². The van der Waals surface area contributed by atoms with E-state index in [4.69, 9.17) is 9.84 Å². The highest BCUT2D eigenvalue weighted by molar-refractivity contribution is 7.10. The van der Waals surface area contributed by atoms with Crippen LogP contribution < -0.4 is 0 Å². The molecule has 0 bridgehead atoms. The van der Waals surface area contributed by atoms with Crippen LogP contribution in [0.15, 0.2) is 11.4 Å². The standard InChI is InChI=1S/C13H17NO4S/c1-13(2,3)18-12(17)14-5-9(6-14)10-4-8(7-19-10)11(15)16/h4,7,9H,5-6H2,1-3H3,(H,15,16). The molecule has 0 radical (unpaired) electrons. The molecule has 104 valence electrons. The highest BCUT2D eigenvalue weighted by Crippen LogP contribution is 2.32. The van der Waals surface area contributed by atoms with E-state index < -0.39 is 11.6 Å². The molecular weight excluding hydrogens is 266 g/mol. The van der Waals surface area contributed by atoms with Crippen LogP contribution in [0.1, 0.15) is 41.9 Å². The number of ether oxygens (including phenoxy) is 1. The van der Waals surface area contributed by atoms with Gasteiger partial charge in [0.25, 0.3) is 0 Å². The van der Waals surface area contributed by atoms with Crippen LogP contribution in [0.2, 0.25) is 0 Å². The Morgan fingerprint density at radius 1 is 1.42 bits per heavy atom. The van der Waals surface area contributed by atoms with Gasteiger partial charge in [-0.05, 0) is 26.8 Å². The molecule has 0 spiro atoms. The fourth-order valence-electron chi connectivity index (χ4n) is 1.81. The normalized spacial score (nSPS) is 16.1. The van der Waals surface area contributed by atoms with Crippen molar-refractivity contribution in [3.8, 4) is 0 Å². The van der Waals surface area contributed by atoms with Crippen LogP contribution in [0.5, 0.6) is 0 Å². The number of carboxylic acid groups (broad SMARTS) is 1. The van der Waals surface area contributed by atoms with Crippen LogP contribution in [0.4, 0.5) is 4.79 Å². The fraction of sp³-hybridized carbons (Fsp3) is 0.538. The Morgan fingerprint density at radius 3 is 2.53 bits per heavy atom. The van der Waals surface area contributed by atoms with Crippen molar-refractivity contribution in [2.45, 2.75) is 32.3 Å². The van der Waals surface area contributed by atoms with Crippen molar-refractivity contribution in [2.24, 2.45) is 0 Å². The van der Waals surface area contributed by atoms with Gasteiger partial charge in [0.2, 0.25) is 0 Å². The first-order valence-electron chi connectivity index (χ1n) is 6.06. The summed E-state index contributed by atoms with van der Waals surface area (Å²) in [6.45, 7) is 6.69. The molecule has 1 aromatic rings. The molecule has 0 aliphatic carbocycles. The van der Waals surface area contributed by atoms with E-state index in [2.05, 4.69) is 0 Å². The number of hydrogen-bond acceptors (Lipinski definition) is 4. The first-order valence-corrected chi connectivity index (χ1v) is 6.94. The minimum atomic E-state index is -0.911. The summed E-state index contributed by atoms with van der Waals surface area (Å²) in [4.78, 5) is 25.2. The second-order valence-corrected chi connectivity index (χ2v) is 6.57. The summed E-state index contributed by atoms with van der Waals surface area (Å²) in [6, 6.07) is 1.68. The van der Waals surface area contributed by atoms with Gasteiger partial charge in [-0.2, -0.15) is 0 Å². The molecule has 6 heteroatoms. The van der Waals surface area contributed by atoms with Gasteiger partial charge in [-0.3, -0.25) is 0 Å². The van der Waals surface area contributed by atoms with Gasteiger partial charge < -0.3 is 14.7 Å². The van der Waals surface area contributed by atoms with E-state index >= 15 is 0 Å². The Balaban J connectivity index is 1.89. The van der Waals surface area contributed by atoms with Crippen LogP contribution in [0, 0.1) is 0 Å². The van der Waals surface area contributed by atoms with Crippen LogP contribution >= 0.6 is 11.3 Å². The predicted molar refractivity (Wildman–Crippen MR) is 71.8 cm³/mol. The van der Waals surface area contributed by atoms with Gasteiger partial charge >= 0.3 is 12.1 Å². The lowest BCUT2D eigenvalue weighted by molar-refractivity contribution is 0.00843. The molecule has 1 aliphatic heterocycles. The van der Waals surface area contributed by atoms with Crippen molar-refractivity contribution in [3.63, 3.8) is 0 Å². The lowest BCUT2D eigenvalue weighted by atomic mass is 9.98. The molecule has 0 saturated carbocycles. The van der Waals surface area contributed by atoms with Gasteiger partial charge in [0.05, 0.1) is 5.56 Å². The molecule has 0 aromatic carbocycles. The summed E-state index contributed by atoms with van der Waals surface area (Å²) < 4.78 is 5.27. The number of thiophene rings is 1. The first kappa shape index (κ1) is 13.9. The summed E-state index contributed by atoms with van der Waals surface area (Å²) in [5.41, 5.74) is -0.169. The topological polar surface area (TPSA) is 66.8 Å². The molecule has 0 atom stereocenters. The maximum absolute atomic E-state index is 11.7. The van der Waals surface area contributed by atoms with E-state index in [1.165, 1.54) is 11.3 Å². The second-order valence-electron chi connectivity index (χ2n) is 5.63. The van der Waals surface area contributed by atoms with Crippen molar-refractivity contribution in [3.05, 3.63) is 21.9 Å². The van der Waals surface area contributed by atoms with Crippen LogP contribution in [0.25, 0.3) is 0 Å². The number of nitrogens with zero attached hydrogens (tertiary/aromatic N) is 1. The SMILES string of the molecule is CC(C)(C)OC(=O)N1CC(c2cc(C(=O)O)cs2)C1. The molecule has 1 fully saturated rings. The summed E-state index contributed by atoms with van der Waals surface area (Å²) in [6.07, 6.45) is -0.307. The number of aromatic carboxylic acids is 1. The second kappa shape index (κ2) is 4.85. The summed E-state index contributed by atoms with van der Waals surface area (Å²) in [7, 11) is 0. The zero-order valence-corrected chi connectivity index (χ0v) is 12.0. The smallest absolute Gasteiger partial charge is 0.410 e. The number of carbonyl (C=O) groups excluding carboxylic acids is 1. The van der Waals surface area contributed by atoms with E-state index in [9.17, 15) is 9.59 Å². The minimum Gasteiger partial charge on any atom is -0.478 e. The highest BCUT2D eigenvalue weighted by Gasteiger charge is 2.35. The van der Waals surface area contributed by atoms with Crippen molar-refractivity contribution in [1.29, 1.82) is 0 Å². The number of carbonyl (C=O) groups is 2. The van der Waals surface area contributed by atoms with E-state index in [1.54, 1.807) is 16.3 Å². The monoisotopic (exact) mass is 283 g/mol. The Bertz CT molecular complexity index is 497. The molecule has 0 unspecified atom stereocenters. The van der Waals surface area contributed by atoms with Crippen molar-refractivity contribution in [1.82, 2.24) is 4.90 Å². The van der Waals surface area contributed by atoms with Crippen LogP contribution in [0.3, 0.4) is 0 Å². The number of carboxylic acids is 1. The largest absolute Gasteiger partial charge is 0.478 e. The highest BCUT2D eigenvalue weighted by atomic mass is 32.1. The Hall–Kier alpha value is -1.56. The summed E-state index contributed by atoms with van der Waals surface area (Å²) >= 11 is 1.43. The predicted octanol–water partition coefficient (Wildman–Crippen LogP) is 2.78. The van der Waals surface area contributed by atoms with Crippen molar-refractivity contribution < 1.29 is 19.4 Å². The number of rotatable bonds is 2. The minimum absolute atomic E-state index is 0.227. The third-order valence-corrected chi connectivity index (χ3v) is 3.90. The van der Waals surface area contributed by atoms with Gasteiger partial charge in [-0.25, -0.2) is 9.59 Å². The first-order chi connectivity index (χ1) is 8.76. The number of amides is 1. The molecule has 19 heavy (non-hydrogen) atoms. The van der Waals surface area contributed by atoms with Crippen LogP contribution in [-0.4, -0.2) is 40.8 Å². The quantitative estimate of drug-likeness (QED) is 0.906. The third-order valence-electron chi connectivity index (χ3n) is 2.80. The molecule has 2 heterocycles. The summed E-state index contributed by atoms with van der Waals surface area (Å²) in [5, 5.41) is 10.5. The zero-order valence-electron chi connectivity index (χ0n) is 11.2. The molecule has 1 saturated heterocycles. The van der Waals surface area contributed by atoms with Gasteiger partial charge in [-0.15, -0.1) is 11.3 Å². The number of likely N-dealkylation sites (tertiary alicyclic amines) is 1. The average molecular weight is 283 g/mol. The lowest BCUT2D eigenvalue weighted by Gasteiger charge is -2.39. The molecule has 1 amide bonds. The van der Waals surface area contributed by atoms with Crippen molar-refractivity contribution >= 4 is 23.4 Å². The van der Waals surface area contributed by atoms with Gasteiger partial charge in [-0.1, -0.05) is 0 Å². The zero-order chi connectivity index (χ0) is 14.2. The maximum Gasteiger partial charge on any atom is 0.410 e.